The number of methoxy groups -OCH3 is 1. The lowest BCUT2D eigenvalue weighted by molar-refractivity contribution is -0.134. The fourth-order valence-corrected chi connectivity index (χ4v) is 7.68. The molecule has 13 nitrogen and oxygen atoms in total. The maximum atomic E-state index is 13.0. The number of anilines is 2. The number of rotatable bonds is 18. The summed E-state index contributed by atoms with van der Waals surface area (Å²) in [6.07, 6.45) is 2.16. The van der Waals surface area contributed by atoms with E-state index in [1.165, 1.54) is 28.9 Å². The van der Waals surface area contributed by atoms with Crippen molar-refractivity contribution in [1.82, 2.24) is 4.98 Å². The summed E-state index contributed by atoms with van der Waals surface area (Å²) in [6.45, 7) is 3.82. The minimum atomic E-state index is -0.981. The molecule has 3 heterocycles. The third kappa shape index (κ3) is 13.4. The fourth-order valence-electron chi connectivity index (χ4n) is 4.68. The molecule has 0 saturated carbocycles. The zero-order valence-corrected chi connectivity index (χ0v) is 33.6. The number of benzene rings is 2. The Bertz CT molecular complexity index is 2150. The van der Waals surface area contributed by atoms with Crippen LogP contribution in [-0.2, 0) is 25.6 Å². The number of nitrogens with one attached hydrogen (secondary N) is 2. The van der Waals surface area contributed by atoms with Crippen molar-refractivity contribution in [3.63, 3.8) is 0 Å². The molecule has 0 aliphatic heterocycles. The maximum Gasteiger partial charge on any atom is 0.313 e. The first-order valence-electron chi connectivity index (χ1n) is 16.7. The molecular weight excluding hydrogens is 799 g/mol. The molecular formula is C39H37N3O10S4. The molecule has 17 heteroatoms. The average Bonchev–Trinajstić information content (AvgIpc) is 3.76. The predicted octanol–water partition coefficient (Wildman–Crippen LogP) is 7.54. The van der Waals surface area contributed by atoms with Crippen molar-refractivity contribution in [2.45, 2.75) is 20.3 Å². The van der Waals surface area contributed by atoms with E-state index in [9.17, 15) is 28.8 Å². The number of pyridine rings is 1. The van der Waals surface area contributed by atoms with Gasteiger partial charge in [-0.1, -0.05) is 25.1 Å². The molecule has 4 N–H and O–H groups in total. The summed E-state index contributed by atoms with van der Waals surface area (Å²) in [5.41, 5.74) is 1.67. The van der Waals surface area contributed by atoms with Gasteiger partial charge in [0, 0.05) is 33.1 Å². The maximum absolute atomic E-state index is 13.0. The van der Waals surface area contributed by atoms with E-state index in [0.717, 1.165) is 39.7 Å². The Morgan fingerprint density at radius 2 is 1.25 bits per heavy atom. The summed E-state index contributed by atoms with van der Waals surface area (Å²) in [5.74, 6) is -1.73. The molecule has 0 aliphatic rings. The Kier molecular flexibility index (Phi) is 16.6. The molecule has 5 rings (SSSR count). The number of amides is 2. The van der Waals surface area contributed by atoms with Crippen LogP contribution in [0.15, 0.2) is 85.1 Å². The standard InChI is InChI=1S/C22H20N2O5S2.C17H17NO5S2/c1-2-16-10-17(22(31-16)24-18(25)12-30-13-20(26)27)21(28)14-8-9-19(23-11-14)29-15-6-4-3-5-7-15;1-10-7-13(16(22)11-3-5-12(23-2)6-4-11)17(25-10)18-14(19)8-24-9-15(20)21/h3-11H,2,12-13H2,1H3,(H,24,25)(H,26,27);3-7H,8-9H2,1-2H3,(H,18,19)(H,20,21). The number of aromatic nitrogens is 1. The van der Waals surface area contributed by atoms with E-state index in [2.05, 4.69) is 15.6 Å². The molecule has 5 aromatic rings. The summed E-state index contributed by atoms with van der Waals surface area (Å²) in [5, 5.41) is 23.6. The Balaban J connectivity index is 0.000000255. The summed E-state index contributed by atoms with van der Waals surface area (Å²) in [7, 11) is 1.55. The van der Waals surface area contributed by atoms with Crippen molar-refractivity contribution in [3.05, 3.63) is 117 Å². The van der Waals surface area contributed by atoms with Crippen molar-refractivity contribution in [3.8, 4) is 17.4 Å². The molecule has 0 atom stereocenters. The predicted molar refractivity (Wildman–Crippen MR) is 221 cm³/mol. The van der Waals surface area contributed by atoms with Gasteiger partial charge in [-0.15, -0.1) is 46.2 Å². The summed E-state index contributed by atoms with van der Waals surface area (Å²) in [4.78, 5) is 77.0. The molecule has 0 spiro atoms. The Hall–Kier alpha value is -5.49. The van der Waals surface area contributed by atoms with Crippen LogP contribution in [0.3, 0.4) is 0 Å². The van der Waals surface area contributed by atoms with E-state index in [1.54, 1.807) is 55.6 Å². The van der Waals surface area contributed by atoms with Gasteiger partial charge in [0.05, 0.1) is 41.2 Å². The van der Waals surface area contributed by atoms with E-state index in [-0.39, 0.29) is 46.4 Å². The van der Waals surface area contributed by atoms with Gasteiger partial charge in [0.25, 0.3) is 0 Å². The Morgan fingerprint density at radius 3 is 1.79 bits per heavy atom. The van der Waals surface area contributed by atoms with E-state index < -0.39 is 11.9 Å². The van der Waals surface area contributed by atoms with Crippen LogP contribution < -0.4 is 20.1 Å². The molecule has 0 fully saturated rings. The van der Waals surface area contributed by atoms with E-state index in [0.29, 0.717) is 49.6 Å². The number of aliphatic carboxylic acids is 2. The summed E-state index contributed by atoms with van der Waals surface area (Å²) >= 11 is 4.64. The van der Waals surface area contributed by atoms with Crippen molar-refractivity contribution in [2.75, 3.05) is 40.8 Å². The van der Waals surface area contributed by atoms with E-state index in [1.807, 2.05) is 44.2 Å². The highest BCUT2D eigenvalue weighted by Crippen LogP contribution is 2.32. The Labute approximate surface area is 338 Å². The Morgan fingerprint density at radius 1 is 0.696 bits per heavy atom. The molecule has 3 aromatic heterocycles. The van der Waals surface area contributed by atoms with E-state index in [4.69, 9.17) is 19.7 Å². The number of nitrogens with zero attached hydrogens (tertiary/aromatic N) is 1. The number of para-hydroxylation sites is 1. The third-order valence-electron chi connectivity index (χ3n) is 7.22. The number of ether oxygens (including phenoxy) is 2. The molecule has 0 radical (unpaired) electrons. The normalized spacial score (nSPS) is 10.4. The highest BCUT2D eigenvalue weighted by atomic mass is 32.2. The zero-order valence-electron chi connectivity index (χ0n) is 30.4. The first-order chi connectivity index (χ1) is 26.9. The number of thiophene rings is 2. The van der Waals surface area contributed by atoms with Crippen LogP contribution >= 0.6 is 46.2 Å². The van der Waals surface area contributed by atoms with Crippen molar-refractivity contribution >= 4 is 91.5 Å². The minimum Gasteiger partial charge on any atom is -0.497 e. The summed E-state index contributed by atoms with van der Waals surface area (Å²) < 4.78 is 10.7. The monoisotopic (exact) mass is 835 g/mol. The topological polar surface area (TPSA) is 198 Å². The van der Waals surface area contributed by atoms with Gasteiger partial charge in [-0.2, -0.15) is 0 Å². The number of thioether (sulfide) groups is 2. The molecule has 292 valence electrons. The fraction of sp³-hybridized carbons (Fsp3) is 0.205. The zero-order chi connectivity index (χ0) is 40.6. The average molecular weight is 836 g/mol. The lowest BCUT2D eigenvalue weighted by atomic mass is 10.0. The third-order valence-corrected chi connectivity index (χ3v) is 11.2. The summed E-state index contributed by atoms with van der Waals surface area (Å²) in [6, 6.07) is 22.7. The number of hydrogen-bond donors (Lipinski definition) is 4. The number of carbonyl (C=O) groups excluding carboxylic acids is 4. The van der Waals surface area contributed by atoms with Crippen LogP contribution in [-0.4, -0.2) is 80.6 Å². The first kappa shape index (κ1) is 43.2. The van der Waals surface area contributed by atoms with Crippen LogP contribution in [0.25, 0.3) is 0 Å². The quantitative estimate of drug-likeness (QED) is 0.0632. The van der Waals surface area contributed by atoms with Gasteiger partial charge in [0.2, 0.25) is 17.7 Å². The number of ketones is 2. The number of carboxylic acid groups (broad SMARTS) is 2. The molecule has 0 bridgehead atoms. The number of carboxylic acids is 2. The van der Waals surface area contributed by atoms with Gasteiger partial charge in [-0.3, -0.25) is 28.8 Å². The highest BCUT2D eigenvalue weighted by Gasteiger charge is 2.21. The number of aryl methyl sites for hydroxylation is 2. The number of carbonyl (C=O) groups is 6. The lowest BCUT2D eigenvalue weighted by Gasteiger charge is -2.07. The van der Waals surface area contributed by atoms with Gasteiger partial charge in [-0.05, 0) is 67.9 Å². The second kappa shape index (κ2) is 21.6. The van der Waals surface area contributed by atoms with Gasteiger partial charge >= 0.3 is 11.9 Å². The van der Waals surface area contributed by atoms with E-state index >= 15 is 0 Å². The van der Waals surface area contributed by atoms with Gasteiger partial charge in [0.1, 0.15) is 21.5 Å². The largest absolute Gasteiger partial charge is 0.497 e. The molecule has 56 heavy (non-hydrogen) atoms. The van der Waals surface area contributed by atoms with Gasteiger partial charge in [0.15, 0.2) is 11.6 Å². The lowest BCUT2D eigenvalue weighted by Crippen LogP contribution is -2.16. The van der Waals surface area contributed by atoms with Crippen molar-refractivity contribution in [2.24, 2.45) is 0 Å². The smallest absolute Gasteiger partial charge is 0.313 e. The molecule has 0 saturated heterocycles. The second-order valence-corrected chi connectivity index (χ2v) is 15.8. The molecule has 0 unspecified atom stereocenters. The van der Waals surface area contributed by atoms with Crippen LogP contribution in [0.4, 0.5) is 10.0 Å². The van der Waals surface area contributed by atoms with Crippen molar-refractivity contribution < 1.29 is 48.5 Å². The number of hydrogen-bond acceptors (Lipinski definition) is 13. The first-order valence-corrected chi connectivity index (χ1v) is 20.6. The van der Waals surface area contributed by atoms with Crippen molar-refractivity contribution in [1.29, 1.82) is 0 Å². The molecule has 2 aromatic carbocycles. The molecule has 2 amide bonds. The highest BCUT2D eigenvalue weighted by molar-refractivity contribution is 8.00. The molecule has 0 aliphatic carbocycles. The van der Waals surface area contributed by atoms with Gasteiger partial charge < -0.3 is 30.3 Å². The second-order valence-electron chi connectivity index (χ2n) is 11.5. The minimum absolute atomic E-state index is 0.00757. The van der Waals surface area contributed by atoms with Gasteiger partial charge in [-0.25, -0.2) is 4.98 Å². The van der Waals surface area contributed by atoms with Crippen LogP contribution in [0.2, 0.25) is 0 Å². The van der Waals surface area contributed by atoms with Crippen LogP contribution in [0, 0.1) is 6.92 Å². The SMILES string of the molecule is CCc1cc(C(=O)c2ccc(Oc3ccccc3)nc2)c(NC(=O)CSCC(=O)O)s1.COc1ccc(C(=O)c2cc(C)sc2NC(=O)CSCC(=O)O)cc1. The van der Waals surface area contributed by atoms with Crippen LogP contribution in [0.1, 0.15) is 48.5 Å². The van der Waals surface area contributed by atoms with Crippen LogP contribution in [0.5, 0.6) is 17.4 Å².